The van der Waals surface area contributed by atoms with Crippen molar-refractivity contribution in [3.8, 4) is 11.5 Å². The monoisotopic (exact) mass is 574 g/mol. The highest BCUT2D eigenvalue weighted by Crippen LogP contribution is 2.38. The molecule has 5 rings (SSSR count). The van der Waals surface area contributed by atoms with Crippen molar-refractivity contribution in [1.82, 2.24) is 5.32 Å². The minimum atomic E-state index is -0.861. The molecule has 0 spiro atoms. The number of barbiturate groups is 1. The number of nitrogens with one attached hydrogen (secondary N) is 1. The fourth-order valence-corrected chi connectivity index (χ4v) is 5.07. The van der Waals surface area contributed by atoms with E-state index in [9.17, 15) is 14.4 Å². The van der Waals surface area contributed by atoms with Crippen molar-refractivity contribution >= 4 is 63.6 Å². The Morgan fingerprint density at radius 3 is 2.48 bits per heavy atom. The summed E-state index contributed by atoms with van der Waals surface area (Å²) >= 11 is 12.8. The number of urea groups is 1. The molecule has 1 fully saturated rings. The number of imide groups is 2. The number of amides is 4. The Bertz CT molecular complexity index is 1730. The quantitative estimate of drug-likeness (QED) is 0.197. The maximum Gasteiger partial charge on any atom is 0.335 e. The molecule has 1 heterocycles. The summed E-state index contributed by atoms with van der Waals surface area (Å²) in [7, 11) is 1.47. The zero-order chi connectivity index (χ0) is 28.6. The number of ether oxygens (including phenoxy) is 2. The minimum Gasteiger partial charge on any atom is -0.493 e. The smallest absolute Gasteiger partial charge is 0.335 e. The Kier molecular flexibility index (Phi) is 7.52. The Morgan fingerprint density at radius 1 is 0.925 bits per heavy atom. The molecule has 9 heteroatoms. The number of rotatable bonds is 6. The zero-order valence-electron chi connectivity index (χ0n) is 21.9. The van der Waals surface area contributed by atoms with Crippen molar-refractivity contribution in [3.05, 3.63) is 105 Å². The average molecular weight is 575 g/mol. The van der Waals surface area contributed by atoms with Crippen LogP contribution in [-0.4, -0.2) is 25.0 Å². The third-order valence-corrected chi connectivity index (χ3v) is 7.47. The second-order valence-corrected chi connectivity index (χ2v) is 10.1. The Morgan fingerprint density at radius 2 is 1.70 bits per heavy atom. The molecule has 40 heavy (non-hydrogen) atoms. The lowest BCUT2D eigenvalue weighted by Crippen LogP contribution is -2.54. The minimum absolute atomic E-state index is 0.228. The van der Waals surface area contributed by atoms with Crippen LogP contribution in [0.2, 0.25) is 10.0 Å². The molecule has 0 atom stereocenters. The van der Waals surface area contributed by atoms with E-state index >= 15 is 0 Å². The van der Waals surface area contributed by atoms with Gasteiger partial charge in [-0.3, -0.25) is 14.9 Å². The van der Waals surface area contributed by atoms with Gasteiger partial charge in [-0.2, -0.15) is 0 Å². The number of hydrogen-bond acceptors (Lipinski definition) is 5. The summed E-state index contributed by atoms with van der Waals surface area (Å²) in [5.41, 5.74) is 3.05. The predicted molar refractivity (Wildman–Crippen MR) is 156 cm³/mol. The number of hydrogen-bond donors (Lipinski definition) is 1. The number of methoxy groups -OCH3 is 1. The van der Waals surface area contributed by atoms with Crippen LogP contribution in [0.1, 0.15) is 22.3 Å². The van der Waals surface area contributed by atoms with Crippen LogP contribution >= 0.6 is 23.2 Å². The van der Waals surface area contributed by atoms with Gasteiger partial charge in [0.2, 0.25) is 0 Å². The molecular weight excluding hydrogens is 551 g/mol. The van der Waals surface area contributed by atoms with Crippen LogP contribution in [0.5, 0.6) is 11.5 Å². The van der Waals surface area contributed by atoms with Gasteiger partial charge in [0.05, 0.1) is 17.8 Å². The highest BCUT2D eigenvalue weighted by Gasteiger charge is 2.37. The molecule has 1 aliphatic rings. The van der Waals surface area contributed by atoms with E-state index in [1.54, 1.807) is 37.3 Å². The van der Waals surface area contributed by atoms with E-state index in [0.717, 1.165) is 26.8 Å². The number of carbonyl (C=O) groups excluding carboxylic acids is 3. The summed E-state index contributed by atoms with van der Waals surface area (Å²) in [5, 5.41) is 5.00. The zero-order valence-corrected chi connectivity index (χ0v) is 23.4. The van der Waals surface area contributed by atoms with Crippen molar-refractivity contribution < 1.29 is 23.9 Å². The van der Waals surface area contributed by atoms with Gasteiger partial charge in [-0.15, -0.1) is 0 Å². The molecule has 0 aliphatic carbocycles. The fourth-order valence-electron chi connectivity index (χ4n) is 4.63. The summed E-state index contributed by atoms with van der Waals surface area (Å²) in [6.07, 6.45) is 1.35. The van der Waals surface area contributed by atoms with Gasteiger partial charge in [0.15, 0.2) is 11.5 Å². The molecule has 7 nitrogen and oxygen atoms in total. The van der Waals surface area contributed by atoms with E-state index in [0.29, 0.717) is 27.6 Å². The Hall–Kier alpha value is -4.33. The van der Waals surface area contributed by atoms with Crippen molar-refractivity contribution in [1.29, 1.82) is 0 Å². The topological polar surface area (TPSA) is 84.9 Å². The van der Waals surface area contributed by atoms with E-state index in [2.05, 4.69) is 11.4 Å². The van der Waals surface area contributed by atoms with E-state index in [-0.39, 0.29) is 22.9 Å². The molecule has 0 radical (unpaired) electrons. The van der Waals surface area contributed by atoms with Crippen LogP contribution in [0.25, 0.3) is 16.8 Å². The number of fused-ring (bicyclic) bond motifs is 1. The van der Waals surface area contributed by atoms with Crippen molar-refractivity contribution in [2.45, 2.75) is 20.5 Å². The largest absolute Gasteiger partial charge is 0.493 e. The summed E-state index contributed by atoms with van der Waals surface area (Å²) in [6.45, 7) is 3.95. The third-order valence-electron chi connectivity index (χ3n) is 6.78. The lowest BCUT2D eigenvalue weighted by atomic mass is 10.0. The van der Waals surface area contributed by atoms with Crippen molar-refractivity contribution in [2.75, 3.05) is 12.0 Å². The standard InChI is InChI=1S/C31H24Cl2N2O5/c1-17-11-12-20-7-4-5-8-21(20)23(17)16-40-28-25(33)14-19(15-27(28)39-3)13-22-29(36)34-31(38)35(30(22)37)26-10-6-9-24(32)18(26)2/h4-15H,16H2,1-3H3,(H,34,36,38)/b22-13+. The first-order valence-corrected chi connectivity index (χ1v) is 13.1. The number of halogens is 2. The lowest BCUT2D eigenvalue weighted by Gasteiger charge is -2.27. The Labute approximate surface area is 240 Å². The normalized spacial score (nSPS) is 14.6. The number of carbonyl (C=O) groups is 3. The maximum atomic E-state index is 13.4. The third kappa shape index (κ3) is 5.01. The molecule has 1 saturated heterocycles. The summed E-state index contributed by atoms with van der Waals surface area (Å²) < 4.78 is 11.7. The van der Waals surface area contributed by atoms with Gasteiger partial charge in [-0.25, -0.2) is 9.69 Å². The molecule has 0 unspecified atom stereocenters. The maximum absolute atomic E-state index is 13.4. The number of benzene rings is 4. The molecule has 1 N–H and O–H groups in total. The average Bonchev–Trinajstić information content (AvgIpc) is 2.93. The van der Waals surface area contributed by atoms with Gasteiger partial charge >= 0.3 is 6.03 Å². The number of anilines is 1. The molecule has 202 valence electrons. The van der Waals surface area contributed by atoms with Crippen molar-refractivity contribution in [3.63, 3.8) is 0 Å². The second-order valence-electron chi connectivity index (χ2n) is 9.25. The van der Waals surface area contributed by atoms with Gasteiger partial charge in [0, 0.05) is 10.6 Å². The summed E-state index contributed by atoms with van der Waals surface area (Å²) in [5.74, 6) is -0.974. The molecule has 0 bridgehead atoms. The molecule has 1 aliphatic heterocycles. The van der Waals surface area contributed by atoms with Gasteiger partial charge in [-0.1, -0.05) is 65.7 Å². The number of nitrogens with zero attached hydrogens (tertiary/aromatic N) is 1. The molecule has 0 saturated carbocycles. The molecule has 4 aromatic rings. The summed E-state index contributed by atoms with van der Waals surface area (Å²) in [6, 6.07) is 19.3. The first-order valence-electron chi connectivity index (χ1n) is 12.3. The van der Waals surface area contributed by atoms with Gasteiger partial charge < -0.3 is 9.47 Å². The van der Waals surface area contributed by atoms with E-state index < -0.39 is 17.8 Å². The lowest BCUT2D eigenvalue weighted by molar-refractivity contribution is -0.122. The number of aryl methyl sites for hydroxylation is 1. The van der Waals surface area contributed by atoms with Gasteiger partial charge in [0.1, 0.15) is 12.2 Å². The SMILES string of the molecule is COc1cc(/C=C2\C(=O)NC(=O)N(c3cccc(Cl)c3C)C2=O)cc(Cl)c1OCc1c(C)ccc2ccccc12. The fraction of sp³-hybridized carbons (Fsp3) is 0.129. The molecular formula is C31H24Cl2N2O5. The van der Waals surface area contributed by atoms with Crippen LogP contribution in [0.15, 0.2) is 72.3 Å². The van der Waals surface area contributed by atoms with Crippen LogP contribution in [-0.2, 0) is 16.2 Å². The Balaban J connectivity index is 1.47. The first kappa shape index (κ1) is 27.2. The second kappa shape index (κ2) is 11.0. The van der Waals surface area contributed by atoms with E-state index in [1.807, 2.05) is 37.3 Å². The van der Waals surface area contributed by atoms with Crippen LogP contribution in [0.3, 0.4) is 0 Å². The molecule has 4 amide bonds. The molecule has 4 aromatic carbocycles. The van der Waals surface area contributed by atoms with Crippen LogP contribution < -0.4 is 19.7 Å². The van der Waals surface area contributed by atoms with Gasteiger partial charge in [0.25, 0.3) is 11.8 Å². The van der Waals surface area contributed by atoms with E-state index in [1.165, 1.54) is 13.2 Å². The first-order chi connectivity index (χ1) is 19.2. The van der Waals surface area contributed by atoms with E-state index in [4.69, 9.17) is 32.7 Å². The molecule has 0 aromatic heterocycles. The predicted octanol–water partition coefficient (Wildman–Crippen LogP) is 7.02. The summed E-state index contributed by atoms with van der Waals surface area (Å²) in [4.78, 5) is 39.6. The van der Waals surface area contributed by atoms with Crippen molar-refractivity contribution in [2.24, 2.45) is 0 Å². The van der Waals surface area contributed by atoms with Crippen LogP contribution in [0, 0.1) is 13.8 Å². The highest BCUT2D eigenvalue weighted by molar-refractivity contribution is 6.40. The van der Waals surface area contributed by atoms with Crippen LogP contribution in [0.4, 0.5) is 10.5 Å². The van der Waals surface area contributed by atoms with Gasteiger partial charge in [-0.05, 0) is 71.7 Å². The highest BCUT2D eigenvalue weighted by atomic mass is 35.5.